The van der Waals surface area contributed by atoms with Crippen LogP contribution in [0, 0.1) is 32.9 Å². The molecule has 6 heteroatoms. The van der Waals surface area contributed by atoms with Gasteiger partial charge in [0.15, 0.2) is 0 Å². The van der Waals surface area contributed by atoms with Gasteiger partial charge in [0.25, 0.3) is 0 Å². The van der Waals surface area contributed by atoms with E-state index in [1.807, 2.05) is 12.3 Å². The van der Waals surface area contributed by atoms with Crippen LogP contribution in [-0.4, -0.2) is 19.3 Å². The van der Waals surface area contributed by atoms with Crippen LogP contribution < -0.4 is 4.74 Å². The number of rotatable bonds is 6. The van der Waals surface area contributed by atoms with Gasteiger partial charge in [-0.2, -0.15) is 11.2 Å². The Morgan fingerprint density at radius 1 is 0.691 bits per heavy atom. The fourth-order valence-corrected chi connectivity index (χ4v) is 7.70. The van der Waals surface area contributed by atoms with Gasteiger partial charge in [0.1, 0.15) is 5.82 Å². The molecule has 0 bridgehead atoms. The average molecular weight is 821 g/mol. The van der Waals surface area contributed by atoms with Gasteiger partial charge in [0, 0.05) is 34.5 Å². The molecule has 0 spiro atoms. The molecule has 286 valence electrons. The Morgan fingerprint density at radius 2 is 1.36 bits per heavy atom. The topological polar surface area (TPSA) is 44.9 Å². The summed E-state index contributed by atoms with van der Waals surface area (Å²) in [5, 5.41) is 7.49. The third kappa shape index (κ3) is 7.57. The zero-order chi connectivity index (χ0) is 38.9. The van der Waals surface area contributed by atoms with Crippen LogP contribution in [0.15, 0.2) is 79.0 Å². The molecule has 5 nitrogen and oxygen atoms in total. The fraction of sp³-hybridized carbons (Fsp3) is 0.347. The summed E-state index contributed by atoms with van der Waals surface area (Å²) < 4.78 is 11.0. The zero-order valence-corrected chi connectivity index (χ0v) is 36.3. The Bertz CT molecular complexity index is 2510. The van der Waals surface area contributed by atoms with E-state index in [0.29, 0.717) is 11.5 Å². The van der Waals surface area contributed by atoms with E-state index in [9.17, 15) is 0 Å². The molecule has 3 heterocycles. The number of benzene rings is 4. The van der Waals surface area contributed by atoms with Crippen LogP contribution in [0.25, 0.3) is 44.4 Å². The van der Waals surface area contributed by atoms with Crippen LogP contribution in [0.5, 0.6) is 11.5 Å². The van der Waals surface area contributed by atoms with E-state index in [4.69, 9.17) is 14.8 Å². The molecule has 0 N–H and O–H groups in total. The number of para-hydroxylation sites is 1. The van der Waals surface area contributed by atoms with Crippen LogP contribution in [0.2, 0.25) is 0 Å². The maximum atomic E-state index is 6.73. The summed E-state index contributed by atoms with van der Waals surface area (Å²) in [5.41, 5.74) is 13.5. The molecule has 0 aliphatic carbocycles. The molecule has 0 fully saturated rings. The van der Waals surface area contributed by atoms with Gasteiger partial charge >= 0.3 is 20.4 Å². The third-order valence-corrected chi connectivity index (χ3v) is 10.6. The smallest absolute Gasteiger partial charge is 0.509 e. The van der Waals surface area contributed by atoms with Crippen molar-refractivity contribution >= 4 is 21.8 Å². The van der Waals surface area contributed by atoms with Gasteiger partial charge < -0.3 is 9.30 Å². The molecule has 0 radical (unpaired) electrons. The minimum Gasteiger partial charge on any atom is -0.509 e. The molecule has 0 saturated carbocycles. The molecule has 4 aromatic carbocycles. The molecule has 7 aromatic rings. The number of nitrogens with zero attached hydrogens (tertiary/aromatic N) is 4. The first-order valence-corrected chi connectivity index (χ1v) is 19.2. The van der Waals surface area contributed by atoms with Gasteiger partial charge in [0.05, 0.1) is 5.69 Å². The van der Waals surface area contributed by atoms with Crippen molar-refractivity contribution in [2.45, 2.75) is 113 Å². The maximum absolute atomic E-state index is 6.73. The van der Waals surface area contributed by atoms with Crippen molar-refractivity contribution < 1.29 is 25.2 Å². The summed E-state index contributed by atoms with van der Waals surface area (Å²) in [6, 6.07) is 33.1. The Kier molecular flexibility index (Phi) is 10.6. The zero-order valence-electron chi connectivity index (χ0n) is 34.7. The molecule has 0 atom stereocenters. The van der Waals surface area contributed by atoms with E-state index in [2.05, 4.69) is 178 Å². The first kappa shape index (κ1) is 40.2. The van der Waals surface area contributed by atoms with E-state index in [-0.39, 0.29) is 36.7 Å². The second kappa shape index (κ2) is 14.5. The van der Waals surface area contributed by atoms with E-state index in [1.165, 1.54) is 33.4 Å². The largest absolute Gasteiger partial charge is 2.00 e. The number of aromatic nitrogens is 4. The normalized spacial score (nSPS) is 12.4. The fourth-order valence-electron chi connectivity index (χ4n) is 7.70. The second-order valence-electron chi connectivity index (χ2n) is 18.0. The van der Waals surface area contributed by atoms with Crippen molar-refractivity contribution in [3.63, 3.8) is 0 Å². The van der Waals surface area contributed by atoms with Crippen LogP contribution in [0.1, 0.15) is 108 Å². The van der Waals surface area contributed by atoms with E-state index in [1.54, 1.807) is 0 Å². The summed E-state index contributed by atoms with van der Waals surface area (Å²) in [6.07, 6.45) is 2.82. The predicted octanol–water partition coefficient (Wildman–Crippen LogP) is 12.8. The van der Waals surface area contributed by atoms with Crippen molar-refractivity contribution in [1.82, 2.24) is 19.3 Å². The predicted molar refractivity (Wildman–Crippen MR) is 225 cm³/mol. The molecule has 0 aliphatic heterocycles. The molecule has 0 amide bonds. The average Bonchev–Trinajstić information content (AvgIpc) is 3.59. The molecular weight excluding hydrogens is 767 g/mol. The molecule has 55 heavy (non-hydrogen) atoms. The summed E-state index contributed by atoms with van der Waals surface area (Å²) >= 11 is 0. The van der Waals surface area contributed by atoms with Crippen LogP contribution in [0.3, 0.4) is 0 Å². The van der Waals surface area contributed by atoms with Crippen molar-refractivity contribution in [3.8, 4) is 34.1 Å². The minimum absolute atomic E-state index is 0. The SMILES string of the molecule is CCc1ccnc(-n2c3[c-]c(Oc4[c-]c(-n5nc(C)c(-c6c(C(C)(C)C)cc(C)cc6C(C)(C)C)c5C)cc(C(C)(C)C)c4)ccc3c3ccccc32)c1.[Pd+2]. The van der Waals surface area contributed by atoms with Gasteiger partial charge in [0.2, 0.25) is 0 Å². The van der Waals surface area contributed by atoms with Crippen molar-refractivity contribution in [2.24, 2.45) is 0 Å². The number of hydrogen-bond acceptors (Lipinski definition) is 3. The maximum Gasteiger partial charge on any atom is 2.00 e. The van der Waals surface area contributed by atoms with Gasteiger partial charge in [-0.25, -0.2) is 4.98 Å². The van der Waals surface area contributed by atoms with Crippen LogP contribution >= 0.6 is 0 Å². The second-order valence-corrected chi connectivity index (χ2v) is 18.0. The Labute approximate surface area is 341 Å². The third-order valence-electron chi connectivity index (χ3n) is 10.6. The quantitative estimate of drug-likeness (QED) is 0.124. The first-order valence-electron chi connectivity index (χ1n) is 19.2. The molecule has 7 rings (SSSR count). The Balaban J connectivity index is 0.00000514. The molecule has 0 unspecified atom stereocenters. The van der Waals surface area contributed by atoms with Gasteiger partial charge in [-0.3, -0.25) is 4.68 Å². The summed E-state index contributed by atoms with van der Waals surface area (Å²) in [4.78, 5) is 4.79. The summed E-state index contributed by atoms with van der Waals surface area (Å²) in [6.45, 7) is 29.2. The standard InChI is InChI=1S/C49H54N4O.Pd/c1-14-33-21-22-50-44(25-33)52-42-18-16-15-17-38(42)39-20-19-36(29-43(39)52)54-37-27-34(47(5,6)7)26-35(28-37)53-32(4)45(31(3)51-53)46-40(48(8,9)10)23-30(2)24-41(46)49(11,12)13;/h15-27H,14H2,1-13H3;/q-2;+2. The van der Waals surface area contributed by atoms with Crippen molar-refractivity contribution in [1.29, 1.82) is 0 Å². The molecule has 3 aromatic heterocycles. The van der Waals surface area contributed by atoms with Crippen LogP contribution in [-0.2, 0) is 43.1 Å². The van der Waals surface area contributed by atoms with E-state index >= 15 is 0 Å². The van der Waals surface area contributed by atoms with Crippen molar-refractivity contribution in [3.05, 3.63) is 130 Å². The summed E-state index contributed by atoms with van der Waals surface area (Å²) in [7, 11) is 0. The van der Waals surface area contributed by atoms with Gasteiger partial charge in [-0.15, -0.1) is 41.3 Å². The first-order chi connectivity index (χ1) is 25.3. The molecule has 0 aliphatic rings. The van der Waals surface area contributed by atoms with Gasteiger partial charge in [-0.05, 0) is 95.0 Å². The summed E-state index contributed by atoms with van der Waals surface area (Å²) in [5.74, 6) is 2.11. The number of fused-ring (bicyclic) bond motifs is 3. The van der Waals surface area contributed by atoms with Crippen LogP contribution in [0.4, 0.5) is 0 Å². The van der Waals surface area contributed by atoms with E-state index < -0.39 is 0 Å². The Morgan fingerprint density at radius 3 is 2.00 bits per heavy atom. The van der Waals surface area contributed by atoms with Crippen molar-refractivity contribution in [2.75, 3.05) is 0 Å². The Hall–Kier alpha value is -4.50. The molecular formula is C49H54N4OPd. The number of aryl methyl sites for hydroxylation is 3. The number of hydrogen-bond donors (Lipinski definition) is 0. The number of pyridine rings is 1. The number of ether oxygens (including phenoxy) is 1. The minimum atomic E-state index is -0.146. The van der Waals surface area contributed by atoms with E-state index in [0.717, 1.165) is 56.7 Å². The monoisotopic (exact) mass is 820 g/mol. The molecule has 0 saturated heterocycles. The van der Waals surface area contributed by atoms with Gasteiger partial charge in [-0.1, -0.05) is 111 Å².